The molecule has 1 aliphatic rings. The summed E-state index contributed by atoms with van der Waals surface area (Å²) in [6.45, 7) is 0.282. The molecule has 0 radical (unpaired) electrons. The maximum atomic E-state index is 11.8. The summed E-state index contributed by atoms with van der Waals surface area (Å²) in [4.78, 5) is 23.0. The molecule has 4 N–H and O–H groups in total. The van der Waals surface area contributed by atoms with E-state index in [-0.39, 0.29) is 29.5 Å². The molecule has 1 aromatic carbocycles. The molecule has 7 nitrogen and oxygen atoms in total. The number of hydrogen-bond donors (Lipinski definition) is 3. The molecule has 2 rings (SSSR count). The van der Waals surface area contributed by atoms with Crippen LogP contribution in [0.4, 0.5) is 10.5 Å². The predicted molar refractivity (Wildman–Crippen MR) is 78.7 cm³/mol. The average molecular weight is 311 g/mol. The van der Waals surface area contributed by atoms with E-state index in [2.05, 4.69) is 10.6 Å². The van der Waals surface area contributed by atoms with E-state index in [4.69, 9.17) is 5.73 Å². The first-order valence-corrected chi connectivity index (χ1v) is 8.33. The highest BCUT2D eigenvalue weighted by Crippen LogP contribution is 2.17. The molecule has 21 heavy (non-hydrogen) atoms. The van der Waals surface area contributed by atoms with E-state index < -0.39 is 21.8 Å². The molecule has 0 spiro atoms. The third-order valence-corrected chi connectivity index (χ3v) is 5.16. The monoisotopic (exact) mass is 311 g/mol. The first kappa shape index (κ1) is 15.3. The van der Waals surface area contributed by atoms with E-state index >= 15 is 0 Å². The number of sulfone groups is 1. The highest BCUT2D eigenvalue weighted by Gasteiger charge is 2.27. The molecule has 0 bridgehead atoms. The number of hydrogen-bond acceptors (Lipinski definition) is 4. The molecule has 0 saturated carbocycles. The Morgan fingerprint density at radius 2 is 2.00 bits per heavy atom. The van der Waals surface area contributed by atoms with Crippen molar-refractivity contribution >= 4 is 27.5 Å². The lowest BCUT2D eigenvalue weighted by Gasteiger charge is -2.12. The lowest BCUT2D eigenvalue weighted by Crippen LogP contribution is -2.34. The lowest BCUT2D eigenvalue weighted by atomic mass is 10.1. The molecular formula is C13H17N3O4S. The molecule has 0 aliphatic carbocycles. The third kappa shape index (κ3) is 4.19. The van der Waals surface area contributed by atoms with Crippen molar-refractivity contribution < 1.29 is 18.0 Å². The molecule has 1 atom stereocenters. The van der Waals surface area contributed by atoms with Crippen molar-refractivity contribution in [2.75, 3.05) is 23.4 Å². The highest BCUT2D eigenvalue weighted by atomic mass is 32.2. The zero-order chi connectivity index (χ0) is 15.5. The smallest absolute Gasteiger partial charge is 0.319 e. The summed E-state index contributed by atoms with van der Waals surface area (Å²) in [7, 11) is -2.95. The largest absolute Gasteiger partial charge is 0.366 e. The molecule has 1 aliphatic heterocycles. The molecule has 1 heterocycles. The van der Waals surface area contributed by atoms with Gasteiger partial charge in [0, 0.05) is 6.54 Å². The molecule has 1 fully saturated rings. The number of nitrogens with two attached hydrogens (primary N) is 1. The van der Waals surface area contributed by atoms with E-state index in [1.807, 2.05) is 0 Å². The molecular weight excluding hydrogens is 294 g/mol. The van der Waals surface area contributed by atoms with Gasteiger partial charge < -0.3 is 16.4 Å². The van der Waals surface area contributed by atoms with Crippen LogP contribution in [0.15, 0.2) is 24.3 Å². The van der Waals surface area contributed by atoms with Crippen molar-refractivity contribution in [3.8, 4) is 0 Å². The minimum Gasteiger partial charge on any atom is -0.366 e. The van der Waals surface area contributed by atoms with Crippen molar-refractivity contribution in [2.45, 2.75) is 6.42 Å². The molecule has 1 saturated heterocycles. The van der Waals surface area contributed by atoms with Gasteiger partial charge in [0.15, 0.2) is 9.84 Å². The average Bonchev–Trinajstić information content (AvgIpc) is 2.76. The van der Waals surface area contributed by atoms with Gasteiger partial charge in [-0.25, -0.2) is 13.2 Å². The minimum atomic E-state index is -2.95. The number of primary amides is 1. The summed E-state index contributed by atoms with van der Waals surface area (Å²) in [5.74, 6) is -0.420. The molecule has 1 aromatic rings. The van der Waals surface area contributed by atoms with Gasteiger partial charge in [-0.3, -0.25) is 4.79 Å². The van der Waals surface area contributed by atoms with Gasteiger partial charge >= 0.3 is 6.03 Å². The minimum absolute atomic E-state index is 0.0628. The van der Waals surface area contributed by atoms with Gasteiger partial charge in [0.2, 0.25) is 0 Å². The summed E-state index contributed by atoms with van der Waals surface area (Å²) in [6.07, 6.45) is 0.556. The second-order valence-corrected chi connectivity index (χ2v) is 7.24. The predicted octanol–water partition coefficient (Wildman–Crippen LogP) is 0.342. The van der Waals surface area contributed by atoms with E-state index in [0.29, 0.717) is 12.1 Å². The quantitative estimate of drug-likeness (QED) is 0.743. The number of amides is 3. The Labute approximate surface area is 122 Å². The van der Waals surface area contributed by atoms with Crippen molar-refractivity contribution in [2.24, 2.45) is 11.7 Å². The molecule has 0 aromatic heterocycles. The Balaban J connectivity index is 1.90. The third-order valence-electron chi connectivity index (χ3n) is 3.32. The lowest BCUT2D eigenvalue weighted by molar-refractivity contribution is 0.100. The molecule has 3 amide bonds. The SMILES string of the molecule is NC(=O)c1ccccc1NC(=O)NCC1CCS(=O)(=O)C1. The number of benzene rings is 1. The maximum absolute atomic E-state index is 11.8. The van der Waals surface area contributed by atoms with Crippen LogP contribution >= 0.6 is 0 Å². The second-order valence-electron chi connectivity index (χ2n) is 5.01. The van der Waals surface area contributed by atoms with Gasteiger partial charge in [-0.2, -0.15) is 0 Å². The molecule has 8 heteroatoms. The summed E-state index contributed by atoms with van der Waals surface area (Å²) in [5.41, 5.74) is 5.76. The van der Waals surface area contributed by atoms with Gasteiger partial charge in [0.25, 0.3) is 5.91 Å². The fourth-order valence-electron chi connectivity index (χ4n) is 2.24. The van der Waals surface area contributed by atoms with Crippen molar-refractivity contribution in [3.63, 3.8) is 0 Å². The molecule has 1 unspecified atom stereocenters. The molecule has 114 valence electrons. The second kappa shape index (κ2) is 6.13. The van der Waals surface area contributed by atoms with Gasteiger partial charge in [0.05, 0.1) is 22.8 Å². The fourth-order valence-corrected chi connectivity index (χ4v) is 4.11. The van der Waals surface area contributed by atoms with Gasteiger partial charge in [-0.05, 0) is 24.5 Å². The van der Waals surface area contributed by atoms with Crippen LogP contribution in [0.1, 0.15) is 16.8 Å². The van der Waals surface area contributed by atoms with Crippen LogP contribution in [0.5, 0.6) is 0 Å². The van der Waals surface area contributed by atoms with E-state index in [1.165, 1.54) is 6.07 Å². The summed E-state index contributed by atoms with van der Waals surface area (Å²) in [6, 6.07) is 5.91. The van der Waals surface area contributed by atoms with Crippen LogP contribution in [0.2, 0.25) is 0 Å². The Hall–Kier alpha value is -2.09. The highest BCUT2D eigenvalue weighted by molar-refractivity contribution is 7.91. The maximum Gasteiger partial charge on any atom is 0.319 e. The number of nitrogens with one attached hydrogen (secondary N) is 2. The Morgan fingerprint density at radius 3 is 2.62 bits per heavy atom. The summed E-state index contributed by atoms with van der Waals surface area (Å²) < 4.78 is 22.6. The van der Waals surface area contributed by atoms with Crippen LogP contribution in [0.25, 0.3) is 0 Å². The van der Waals surface area contributed by atoms with E-state index in [1.54, 1.807) is 18.2 Å². The first-order valence-electron chi connectivity index (χ1n) is 6.51. The number of carbonyl (C=O) groups excluding carboxylic acids is 2. The van der Waals surface area contributed by atoms with Gasteiger partial charge in [-0.1, -0.05) is 12.1 Å². The number of anilines is 1. The Bertz CT molecular complexity index is 657. The standard InChI is InChI=1S/C13H17N3O4S/c14-12(17)10-3-1-2-4-11(10)16-13(18)15-7-9-5-6-21(19,20)8-9/h1-4,9H,5-8H2,(H2,14,17)(H2,15,16,18). The van der Waals surface area contributed by atoms with Crippen LogP contribution in [0.3, 0.4) is 0 Å². The van der Waals surface area contributed by atoms with Crippen molar-refractivity contribution in [3.05, 3.63) is 29.8 Å². The Kier molecular flexibility index (Phi) is 4.46. The number of urea groups is 1. The van der Waals surface area contributed by atoms with Crippen LogP contribution < -0.4 is 16.4 Å². The van der Waals surface area contributed by atoms with Crippen LogP contribution in [-0.2, 0) is 9.84 Å². The van der Waals surface area contributed by atoms with Gasteiger partial charge in [0.1, 0.15) is 0 Å². The Morgan fingerprint density at radius 1 is 1.29 bits per heavy atom. The van der Waals surface area contributed by atoms with Crippen molar-refractivity contribution in [1.82, 2.24) is 5.32 Å². The zero-order valence-electron chi connectivity index (χ0n) is 11.3. The summed E-state index contributed by atoms with van der Waals surface area (Å²) >= 11 is 0. The number of para-hydroxylation sites is 1. The number of carbonyl (C=O) groups is 2. The topological polar surface area (TPSA) is 118 Å². The van der Waals surface area contributed by atoms with E-state index in [0.717, 1.165) is 0 Å². The number of rotatable bonds is 4. The van der Waals surface area contributed by atoms with Crippen LogP contribution in [0, 0.1) is 5.92 Å². The zero-order valence-corrected chi connectivity index (χ0v) is 12.2. The van der Waals surface area contributed by atoms with E-state index in [9.17, 15) is 18.0 Å². The summed E-state index contributed by atoms with van der Waals surface area (Å²) in [5, 5.41) is 5.15. The van der Waals surface area contributed by atoms with Crippen LogP contribution in [-0.4, -0.2) is 38.4 Å². The van der Waals surface area contributed by atoms with Crippen molar-refractivity contribution in [1.29, 1.82) is 0 Å². The normalized spacial score (nSPS) is 19.9. The fraction of sp³-hybridized carbons (Fsp3) is 0.385. The first-order chi connectivity index (χ1) is 9.87. The van der Waals surface area contributed by atoms with Gasteiger partial charge in [-0.15, -0.1) is 0 Å².